The Morgan fingerprint density at radius 2 is 2.00 bits per heavy atom. The topological polar surface area (TPSA) is 52.6 Å². The summed E-state index contributed by atoms with van der Waals surface area (Å²) in [5, 5.41) is 0. The van der Waals surface area contributed by atoms with Crippen LogP contribution in [-0.4, -0.2) is 21.1 Å². The van der Waals surface area contributed by atoms with Crippen LogP contribution in [0.4, 0.5) is 0 Å². The lowest BCUT2D eigenvalue weighted by Crippen LogP contribution is -2.18. The van der Waals surface area contributed by atoms with E-state index in [1.807, 2.05) is 6.92 Å². The van der Waals surface area contributed by atoms with Gasteiger partial charge >= 0.3 is 10.4 Å². The van der Waals surface area contributed by atoms with E-state index in [1.165, 1.54) is 19.3 Å². The number of unbranched alkanes of at least 4 members (excludes halogenated alkanes) is 1. The molecule has 1 aliphatic rings. The molecule has 0 N–H and O–H groups in total. The van der Waals surface area contributed by atoms with E-state index in [1.54, 1.807) is 0 Å². The van der Waals surface area contributed by atoms with Gasteiger partial charge in [0.1, 0.15) is 0 Å². The van der Waals surface area contributed by atoms with E-state index in [0.29, 0.717) is 5.92 Å². The van der Waals surface area contributed by atoms with Gasteiger partial charge in [0, 0.05) is 0 Å². The minimum absolute atomic E-state index is 0.210. The van der Waals surface area contributed by atoms with Crippen molar-refractivity contribution in [1.82, 2.24) is 0 Å². The quantitative estimate of drug-likeness (QED) is 0.718. The lowest BCUT2D eigenvalue weighted by atomic mass is 9.91. The summed E-state index contributed by atoms with van der Waals surface area (Å²) in [4.78, 5) is 0. The van der Waals surface area contributed by atoms with Gasteiger partial charge in [0.2, 0.25) is 0 Å². The third kappa shape index (κ3) is 6.72. The molecule has 1 aliphatic heterocycles. The van der Waals surface area contributed by atoms with Crippen molar-refractivity contribution in [3.8, 4) is 0 Å². The minimum atomic E-state index is -3.77. The van der Waals surface area contributed by atoms with Crippen LogP contribution in [0, 0.1) is 11.8 Å². The number of hydrogen-bond acceptors (Lipinski definition) is 4. The molecule has 5 heteroatoms. The summed E-state index contributed by atoms with van der Waals surface area (Å²) in [6.45, 7) is 6.65. The van der Waals surface area contributed by atoms with E-state index >= 15 is 0 Å². The monoisotopic (exact) mass is 292 g/mol. The van der Waals surface area contributed by atoms with Crippen molar-refractivity contribution >= 4 is 10.4 Å². The van der Waals surface area contributed by atoms with E-state index in [4.69, 9.17) is 8.37 Å². The Labute approximate surface area is 118 Å². The number of rotatable bonds is 7. The second-order valence-electron chi connectivity index (χ2n) is 5.75. The van der Waals surface area contributed by atoms with Crippen molar-refractivity contribution in [2.24, 2.45) is 11.8 Å². The van der Waals surface area contributed by atoms with Crippen LogP contribution >= 0.6 is 0 Å². The summed E-state index contributed by atoms with van der Waals surface area (Å²) >= 11 is 0. The van der Waals surface area contributed by atoms with E-state index in [0.717, 1.165) is 25.7 Å². The molecule has 0 radical (unpaired) electrons. The van der Waals surface area contributed by atoms with E-state index in [9.17, 15) is 8.42 Å². The molecule has 0 bridgehead atoms. The molecule has 0 aromatic rings. The summed E-state index contributed by atoms with van der Waals surface area (Å²) in [7, 11) is -3.77. The smallest absolute Gasteiger partial charge is 0.248 e. The molecule has 1 rings (SSSR count). The third-order valence-corrected chi connectivity index (χ3v) is 4.79. The van der Waals surface area contributed by atoms with Gasteiger partial charge in [0.25, 0.3) is 0 Å². The zero-order valence-corrected chi connectivity index (χ0v) is 13.2. The summed E-state index contributed by atoms with van der Waals surface area (Å²) in [5.41, 5.74) is 0. The van der Waals surface area contributed by atoms with E-state index < -0.39 is 10.4 Å². The van der Waals surface area contributed by atoms with Crippen molar-refractivity contribution in [1.29, 1.82) is 0 Å². The van der Waals surface area contributed by atoms with Gasteiger partial charge in [0.05, 0.1) is 12.7 Å². The first kappa shape index (κ1) is 16.9. The van der Waals surface area contributed by atoms with Crippen molar-refractivity contribution in [2.75, 3.05) is 6.61 Å². The second-order valence-corrected chi connectivity index (χ2v) is 6.99. The highest BCUT2D eigenvalue weighted by atomic mass is 32.3. The molecule has 0 spiro atoms. The molecule has 1 fully saturated rings. The van der Waals surface area contributed by atoms with E-state index in [2.05, 4.69) is 13.8 Å². The average Bonchev–Trinajstić information content (AvgIpc) is 2.48. The zero-order chi connectivity index (χ0) is 14.3. The Bertz CT molecular complexity index is 339. The largest absolute Gasteiger partial charge is 0.400 e. The first-order valence-electron chi connectivity index (χ1n) is 7.54. The lowest BCUT2D eigenvalue weighted by molar-refractivity contribution is 0.160. The first-order chi connectivity index (χ1) is 8.96. The van der Waals surface area contributed by atoms with Gasteiger partial charge in [0.15, 0.2) is 0 Å². The molecule has 114 valence electrons. The Morgan fingerprint density at radius 1 is 1.26 bits per heavy atom. The maximum atomic E-state index is 11.5. The highest BCUT2D eigenvalue weighted by Gasteiger charge is 2.28. The molecule has 1 heterocycles. The van der Waals surface area contributed by atoms with Crippen molar-refractivity contribution < 1.29 is 16.8 Å². The van der Waals surface area contributed by atoms with Crippen LogP contribution in [0.25, 0.3) is 0 Å². The van der Waals surface area contributed by atoms with Gasteiger partial charge in [-0.1, -0.05) is 46.5 Å². The summed E-state index contributed by atoms with van der Waals surface area (Å²) in [6.07, 6.45) is 7.28. The zero-order valence-electron chi connectivity index (χ0n) is 12.4. The van der Waals surface area contributed by atoms with Crippen LogP contribution in [-0.2, 0) is 18.8 Å². The standard InChI is InChI=1S/C14H28O4S/c1-4-6-7-13(5-2)8-9-14-10-12(3)11-17-19(15,16)18-14/h12-14H,4-11H2,1-3H3. The van der Waals surface area contributed by atoms with E-state index in [-0.39, 0.29) is 18.6 Å². The molecule has 1 saturated heterocycles. The van der Waals surface area contributed by atoms with Crippen LogP contribution in [0.15, 0.2) is 0 Å². The second kappa shape index (κ2) is 8.22. The molecule has 3 unspecified atom stereocenters. The molecular weight excluding hydrogens is 264 g/mol. The normalized spacial score (nSPS) is 28.8. The highest BCUT2D eigenvalue weighted by molar-refractivity contribution is 7.81. The van der Waals surface area contributed by atoms with Crippen LogP contribution in [0.5, 0.6) is 0 Å². The molecule has 19 heavy (non-hydrogen) atoms. The molecule has 4 nitrogen and oxygen atoms in total. The van der Waals surface area contributed by atoms with Crippen LogP contribution in [0.1, 0.15) is 65.7 Å². The van der Waals surface area contributed by atoms with Crippen LogP contribution < -0.4 is 0 Å². The lowest BCUT2D eigenvalue weighted by Gasteiger charge is -2.19. The maximum Gasteiger partial charge on any atom is 0.400 e. The van der Waals surface area contributed by atoms with Gasteiger partial charge in [-0.05, 0) is 31.1 Å². The number of hydrogen-bond donors (Lipinski definition) is 0. The Hall–Kier alpha value is -0.130. The fraction of sp³-hybridized carbons (Fsp3) is 1.00. The molecule has 0 aromatic carbocycles. The van der Waals surface area contributed by atoms with Crippen molar-refractivity contribution in [2.45, 2.75) is 71.8 Å². The van der Waals surface area contributed by atoms with Gasteiger partial charge in [-0.15, -0.1) is 0 Å². The molecule has 0 saturated carbocycles. The van der Waals surface area contributed by atoms with Crippen LogP contribution in [0.3, 0.4) is 0 Å². The molecular formula is C14H28O4S. The van der Waals surface area contributed by atoms with Gasteiger partial charge in [-0.2, -0.15) is 8.42 Å². The third-order valence-electron chi connectivity index (χ3n) is 3.86. The van der Waals surface area contributed by atoms with Gasteiger partial charge in [-0.3, -0.25) is 0 Å². The average molecular weight is 292 g/mol. The molecule has 0 aromatic heterocycles. The summed E-state index contributed by atoms with van der Waals surface area (Å²) in [6, 6.07) is 0. The Morgan fingerprint density at radius 3 is 2.63 bits per heavy atom. The summed E-state index contributed by atoms with van der Waals surface area (Å²) in [5.74, 6) is 0.920. The molecule has 0 amide bonds. The first-order valence-corrected chi connectivity index (χ1v) is 8.87. The molecule has 3 atom stereocenters. The van der Waals surface area contributed by atoms with Crippen molar-refractivity contribution in [3.63, 3.8) is 0 Å². The van der Waals surface area contributed by atoms with Gasteiger partial charge in [-0.25, -0.2) is 8.37 Å². The fourth-order valence-corrected chi connectivity index (χ4v) is 3.55. The summed E-state index contributed by atoms with van der Waals surface area (Å²) < 4.78 is 32.8. The fourth-order valence-electron chi connectivity index (χ4n) is 2.58. The predicted octanol–water partition coefficient (Wildman–Crippen LogP) is 3.67. The maximum absolute atomic E-state index is 11.5. The highest BCUT2D eigenvalue weighted by Crippen LogP contribution is 2.26. The molecule has 0 aliphatic carbocycles. The SMILES string of the molecule is CCCCC(CC)CCC1CC(C)COS(=O)(=O)O1. The Kier molecular flexibility index (Phi) is 7.32. The van der Waals surface area contributed by atoms with Gasteiger partial charge < -0.3 is 0 Å². The van der Waals surface area contributed by atoms with Crippen molar-refractivity contribution in [3.05, 3.63) is 0 Å². The minimum Gasteiger partial charge on any atom is -0.248 e. The van der Waals surface area contributed by atoms with Crippen LogP contribution in [0.2, 0.25) is 0 Å². The predicted molar refractivity (Wildman–Crippen MR) is 76.1 cm³/mol. The Balaban J connectivity index is 2.45.